The molecule has 2 fully saturated rings. The van der Waals surface area contributed by atoms with Crippen LogP contribution in [-0.2, 0) is 0 Å². The van der Waals surface area contributed by atoms with Crippen LogP contribution in [0.4, 0.5) is 0 Å². The molecule has 3 unspecified atom stereocenters. The van der Waals surface area contributed by atoms with Crippen LogP contribution >= 0.6 is 15.9 Å². The summed E-state index contributed by atoms with van der Waals surface area (Å²) in [5.74, 6) is 2.04. The van der Waals surface area contributed by atoms with Gasteiger partial charge in [-0.25, -0.2) is 0 Å². The first-order valence-corrected chi connectivity index (χ1v) is 5.95. The summed E-state index contributed by atoms with van der Waals surface area (Å²) in [5, 5.41) is 1.25. The number of hydrogen-bond donors (Lipinski definition) is 0. The van der Waals surface area contributed by atoms with Crippen LogP contribution in [0, 0.1) is 17.3 Å². The summed E-state index contributed by atoms with van der Waals surface area (Å²) >= 11 is 3.61. The van der Waals surface area contributed by atoms with Gasteiger partial charge in [0.05, 0.1) is 0 Å². The maximum atomic E-state index is 3.61. The van der Waals surface area contributed by atoms with Crippen LogP contribution in [0.25, 0.3) is 0 Å². The number of rotatable bonds is 1. The molecule has 2 aliphatic rings. The Hall–Kier alpha value is 0.480. The highest BCUT2D eigenvalue weighted by molar-refractivity contribution is 9.09. The lowest BCUT2D eigenvalue weighted by Crippen LogP contribution is -2.16. The molecule has 0 aromatic heterocycles. The minimum atomic E-state index is 0.821. The topological polar surface area (TPSA) is 0 Å². The highest BCUT2D eigenvalue weighted by Gasteiger charge is 2.53. The van der Waals surface area contributed by atoms with E-state index in [0.29, 0.717) is 0 Å². The molecule has 0 saturated heterocycles. The largest absolute Gasteiger partial charge is 0.0925 e. The SMILES string of the molecule is CC1CCCC2(C1)CC2CBr. The van der Waals surface area contributed by atoms with Crippen molar-refractivity contribution in [3.8, 4) is 0 Å². The zero-order chi connectivity index (χ0) is 7.90. The Kier molecular flexibility index (Phi) is 2.03. The summed E-state index contributed by atoms with van der Waals surface area (Å²) in [6, 6.07) is 0. The van der Waals surface area contributed by atoms with Gasteiger partial charge < -0.3 is 0 Å². The van der Waals surface area contributed by atoms with Gasteiger partial charge in [-0.15, -0.1) is 0 Å². The van der Waals surface area contributed by atoms with Crippen molar-refractivity contribution >= 4 is 15.9 Å². The van der Waals surface area contributed by atoms with Gasteiger partial charge in [-0.05, 0) is 36.5 Å². The average Bonchev–Trinajstić information content (AvgIpc) is 2.63. The quantitative estimate of drug-likeness (QED) is 0.588. The zero-order valence-corrected chi connectivity index (χ0v) is 8.86. The molecule has 64 valence electrons. The fourth-order valence-corrected chi connectivity index (χ4v) is 3.82. The van der Waals surface area contributed by atoms with Gasteiger partial charge in [-0.1, -0.05) is 35.7 Å². The molecule has 1 heteroatoms. The summed E-state index contributed by atoms with van der Waals surface area (Å²) in [7, 11) is 0. The summed E-state index contributed by atoms with van der Waals surface area (Å²) in [6.07, 6.45) is 7.53. The Bertz CT molecular complexity index is 155. The van der Waals surface area contributed by atoms with Crippen LogP contribution in [0.15, 0.2) is 0 Å². The normalized spacial score (nSPS) is 49.6. The van der Waals surface area contributed by atoms with Gasteiger partial charge in [0.1, 0.15) is 0 Å². The van der Waals surface area contributed by atoms with E-state index >= 15 is 0 Å². The Morgan fingerprint density at radius 2 is 2.27 bits per heavy atom. The lowest BCUT2D eigenvalue weighted by atomic mass is 9.79. The lowest BCUT2D eigenvalue weighted by Gasteiger charge is -2.27. The molecule has 1 spiro atoms. The molecule has 3 atom stereocenters. The molecule has 0 aromatic rings. The van der Waals surface area contributed by atoms with E-state index < -0.39 is 0 Å². The van der Waals surface area contributed by atoms with Crippen LogP contribution in [0.5, 0.6) is 0 Å². The average molecular weight is 217 g/mol. The number of hydrogen-bond acceptors (Lipinski definition) is 0. The van der Waals surface area contributed by atoms with Gasteiger partial charge in [-0.3, -0.25) is 0 Å². The van der Waals surface area contributed by atoms with Gasteiger partial charge in [0.2, 0.25) is 0 Å². The molecule has 2 rings (SSSR count). The molecule has 2 aliphatic carbocycles. The number of alkyl halides is 1. The van der Waals surface area contributed by atoms with Gasteiger partial charge in [0.25, 0.3) is 0 Å². The molecule has 11 heavy (non-hydrogen) atoms. The smallest absolute Gasteiger partial charge is 0.00651 e. The van der Waals surface area contributed by atoms with Gasteiger partial charge in [-0.2, -0.15) is 0 Å². The third-order valence-corrected chi connectivity index (χ3v) is 4.45. The first-order chi connectivity index (χ1) is 5.27. The fraction of sp³-hybridized carbons (Fsp3) is 1.00. The Balaban J connectivity index is 1.95. The minimum absolute atomic E-state index is 0.821. The Labute approximate surface area is 77.9 Å². The Morgan fingerprint density at radius 1 is 1.45 bits per heavy atom. The van der Waals surface area contributed by atoms with Crippen LogP contribution in [0.3, 0.4) is 0 Å². The molecule has 0 amide bonds. The van der Waals surface area contributed by atoms with Crippen molar-refractivity contribution in [3.05, 3.63) is 0 Å². The monoisotopic (exact) mass is 216 g/mol. The molecule has 0 heterocycles. The van der Waals surface area contributed by atoms with Crippen LogP contribution in [-0.4, -0.2) is 5.33 Å². The molecular weight excluding hydrogens is 200 g/mol. The lowest BCUT2D eigenvalue weighted by molar-refractivity contribution is 0.247. The second kappa shape index (κ2) is 2.76. The molecule has 0 bridgehead atoms. The van der Waals surface area contributed by atoms with Crippen molar-refractivity contribution < 1.29 is 0 Å². The zero-order valence-electron chi connectivity index (χ0n) is 7.28. The minimum Gasteiger partial charge on any atom is -0.0925 e. The molecule has 0 aliphatic heterocycles. The second-order valence-electron chi connectivity index (χ2n) is 4.62. The summed E-state index contributed by atoms with van der Waals surface area (Å²) in [5.41, 5.74) is 0.821. The summed E-state index contributed by atoms with van der Waals surface area (Å²) < 4.78 is 0. The van der Waals surface area contributed by atoms with E-state index in [4.69, 9.17) is 0 Å². The van der Waals surface area contributed by atoms with Crippen LogP contribution in [0.2, 0.25) is 0 Å². The van der Waals surface area contributed by atoms with Crippen molar-refractivity contribution in [1.82, 2.24) is 0 Å². The van der Waals surface area contributed by atoms with E-state index in [0.717, 1.165) is 17.3 Å². The van der Waals surface area contributed by atoms with Crippen molar-refractivity contribution in [1.29, 1.82) is 0 Å². The third kappa shape index (κ3) is 1.37. The predicted octanol–water partition coefficient (Wildman–Crippen LogP) is 3.60. The molecule has 0 N–H and O–H groups in total. The third-order valence-electron chi connectivity index (χ3n) is 3.67. The summed E-state index contributed by atoms with van der Waals surface area (Å²) in [6.45, 7) is 2.42. The molecule has 0 nitrogen and oxygen atoms in total. The molecule has 0 radical (unpaired) electrons. The standard InChI is InChI=1S/C10H17Br/c1-8-3-2-4-10(5-8)6-9(10)7-11/h8-9H,2-7H2,1H3. The fourth-order valence-electron chi connectivity index (χ4n) is 2.91. The van der Waals surface area contributed by atoms with Crippen molar-refractivity contribution in [3.63, 3.8) is 0 Å². The number of halogens is 1. The van der Waals surface area contributed by atoms with Gasteiger partial charge in [0.15, 0.2) is 0 Å². The summed E-state index contributed by atoms with van der Waals surface area (Å²) in [4.78, 5) is 0. The Morgan fingerprint density at radius 3 is 2.82 bits per heavy atom. The second-order valence-corrected chi connectivity index (χ2v) is 5.27. The first-order valence-electron chi connectivity index (χ1n) is 4.83. The van der Waals surface area contributed by atoms with E-state index in [1.807, 2.05) is 0 Å². The highest BCUT2D eigenvalue weighted by Crippen LogP contribution is 2.62. The van der Waals surface area contributed by atoms with Crippen molar-refractivity contribution in [2.45, 2.75) is 39.0 Å². The van der Waals surface area contributed by atoms with Crippen molar-refractivity contribution in [2.24, 2.45) is 17.3 Å². The van der Waals surface area contributed by atoms with Gasteiger partial charge >= 0.3 is 0 Å². The predicted molar refractivity (Wildman–Crippen MR) is 52.0 cm³/mol. The van der Waals surface area contributed by atoms with E-state index in [1.54, 1.807) is 0 Å². The first kappa shape index (κ1) is 8.10. The van der Waals surface area contributed by atoms with Crippen LogP contribution in [0.1, 0.15) is 39.0 Å². The van der Waals surface area contributed by atoms with E-state index in [9.17, 15) is 0 Å². The molecule has 0 aromatic carbocycles. The van der Waals surface area contributed by atoms with Crippen molar-refractivity contribution in [2.75, 3.05) is 5.33 Å². The van der Waals surface area contributed by atoms with E-state index in [1.165, 1.54) is 37.4 Å². The highest BCUT2D eigenvalue weighted by atomic mass is 79.9. The van der Waals surface area contributed by atoms with E-state index in [2.05, 4.69) is 22.9 Å². The van der Waals surface area contributed by atoms with Crippen LogP contribution < -0.4 is 0 Å². The molecular formula is C10H17Br. The van der Waals surface area contributed by atoms with E-state index in [-0.39, 0.29) is 0 Å². The maximum absolute atomic E-state index is 3.61. The van der Waals surface area contributed by atoms with Gasteiger partial charge in [0, 0.05) is 5.33 Å². The maximum Gasteiger partial charge on any atom is 0.00651 e. The molecule has 2 saturated carbocycles.